The van der Waals surface area contributed by atoms with Gasteiger partial charge in [-0.3, -0.25) is 19.8 Å². The number of aliphatic hydroxyl groups is 1. The van der Waals surface area contributed by atoms with Crippen molar-refractivity contribution in [3.05, 3.63) is 101 Å². The zero-order valence-corrected chi connectivity index (χ0v) is 42.7. The first kappa shape index (κ1) is 59.5. The number of halogens is 10. The number of esters is 1. The Morgan fingerprint density at radius 2 is 1.43 bits per heavy atom. The maximum atomic E-state index is 16.0. The summed E-state index contributed by atoms with van der Waals surface area (Å²) in [5.41, 5.74) is -3.74. The lowest BCUT2D eigenvalue weighted by molar-refractivity contribution is -0.231. The third-order valence-electron chi connectivity index (χ3n) is 14.1. The van der Waals surface area contributed by atoms with Gasteiger partial charge in [-0.25, -0.2) is 28.3 Å². The van der Waals surface area contributed by atoms with Crippen molar-refractivity contribution in [2.75, 3.05) is 38.8 Å². The van der Waals surface area contributed by atoms with E-state index in [-0.39, 0.29) is 22.2 Å². The van der Waals surface area contributed by atoms with E-state index in [1.165, 1.54) is 12.1 Å². The van der Waals surface area contributed by atoms with Gasteiger partial charge in [0.1, 0.15) is 23.5 Å². The number of amides is 2. The number of nitrogens with one attached hydrogen (secondary N) is 3. The molecule has 2 bridgehead atoms. The summed E-state index contributed by atoms with van der Waals surface area (Å²) < 4.78 is 155. The normalized spacial score (nSPS) is 17.5. The van der Waals surface area contributed by atoms with Crippen molar-refractivity contribution in [1.29, 1.82) is 0 Å². The van der Waals surface area contributed by atoms with Gasteiger partial charge < -0.3 is 30.1 Å². The SMILES string of the molecule is COC(=O)C[C@H](C(=O)NN(Cc1c(F)cc(-c2cnn(C(F)F)c2)cc1F)C[C@H](O)[C@@H](CC(=O)[C@@H](NC(=O)OC)C(C)(C)C(F)(F)F)Cc1ccc(C#Cc2ccc(N3CC4CCC(C3)N4)nc2)cc1)C(C)(C)C(F)(F)F. The fraction of sp³-hybridized carbons (Fsp3) is 0.500. The predicted molar refractivity (Wildman–Crippen MR) is 258 cm³/mol. The Hall–Kier alpha value is -6.78. The van der Waals surface area contributed by atoms with Gasteiger partial charge in [-0.05, 0) is 86.6 Å². The number of alkyl halides is 8. The highest BCUT2D eigenvalue weighted by atomic mass is 19.4. The lowest BCUT2D eigenvalue weighted by Gasteiger charge is -2.37. The fourth-order valence-corrected chi connectivity index (χ4v) is 9.11. The summed E-state index contributed by atoms with van der Waals surface area (Å²) in [7, 11) is 1.70. The van der Waals surface area contributed by atoms with Crippen LogP contribution in [-0.2, 0) is 36.8 Å². The molecule has 4 heterocycles. The molecule has 2 saturated heterocycles. The van der Waals surface area contributed by atoms with Crippen molar-refractivity contribution in [3.63, 3.8) is 0 Å². The molecule has 2 aliphatic heterocycles. The van der Waals surface area contributed by atoms with Crippen molar-refractivity contribution >= 4 is 29.6 Å². The Balaban J connectivity index is 1.34. The van der Waals surface area contributed by atoms with E-state index in [9.17, 15) is 59.4 Å². The number of aliphatic hydroxyl groups excluding tert-OH is 1. The van der Waals surface area contributed by atoms with E-state index in [2.05, 4.69) is 47.0 Å². The second-order valence-corrected chi connectivity index (χ2v) is 20.2. The molecule has 15 nitrogen and oxygen atoms in total. The third-order valence-corrected chi connectivity index (χ3v) is 14.1. The van der Waals surface area contributed by atoms with Gasteiger partial charge in [0.25, 0.3) is 0 Å². The molecule has 2 aromatic heterocycles. The Kier molecular flexibility index (Phi) is 18.7. The number of ketones is 1. The maximum Gasteiger partial charge on any atom is 0.407 e. The molecule has 4 N–H and O–H groups in total. The number of benzene rings is 2. The van der Waals surface area contributed by atoms with Crippen LogP contribution >= 0.6 is 0 Å². The van der Waals surface area contributed by atoms with Gasteiger partial charge >= 0.3 is 31.0 Å². The number of carbonyl (C=O) groups is 4. The average Bonchev–Trinajstić information content (AvgIpc) is 4.00. The van der Waals surface area contributed by atoms with Gasteiger partial charge in [0.05, 0.1) is 49.7 Å². The number of nitrogens with zero attached hydrogens (tertiary/aromatic N) is 5. The number of rotatable bonds is 20. The van der Waals surface area contributed by atoms with Crippen LogP contribution in [0.2, 0.25) is 0 Å². The number of piperazine rings is 1. The van der Waals surface area contributed by atoms with Crippen LogP contribution in [0.5, 0.6) is 0 Å². The standard InChI is InChI=1S/C52H58F10N8O7/c1-49(2,51(57,58)59)38(21-44(73)76-5)46(74)67-69(27-37-39(53)18-32(19-40(37)54)34-23-64-70(24-34)47(55)56)28-42(72)33(20-41(71)45(66-48(75)77-6)50(3,4)52(60,61)62)17-30-10-7-29(8-11-30)9-12-31-13-16-43(63-22-31)68-25-35-14-15-36(26-68)65-35/h7-8,10-11,13,16,18-19,22-24,33,35-36,38,42,45,47,65,72H,14-15,17,20-21,25-28H2,1-6H3,(H,66,75)(H,67,74)/t33-,35?,36?,38-,42+,45-/m1/s1. The second kappa shape index (κ2) is 24.3. The minimum Gasteiger partial charge on any atom is -0.469 e. The lowest BCUT2D eigenvalue weighted by Crippen LogP contribution is -2.57. The molecule has 2 unspecified atom stereocenters. The first-order valence-electron chi connectivity index (χ1n) is 24.2. The van der Waals surface area contributed by atoms with Crippen LogP contribution in [0.15, 0.2) is 67.1 Å². The zero-order valence-electron chi connectivity index (χ0n) is 42.7. The van der Waals surface area contributed by atoms with Gasteiger partial charge in [0.15, 0.2) is 5.78 Å². The van der Waals surface area contributed by atoms with E-state index in [1.54, 1.807) is 18.3 Å². The van der Waals surface area contributed by atoms with Gasteiger partial charge in [-0.2, -0.15) is 40.2 Å². The van der Waals surface area contributed by atoms with Crippen LogP contribution in [-0.4, -0.2) is 119 Å². The van der Waals surface area contributed by atoms with E-state index < -0.39 is 121 Å². The van der Waals surface area contributed by atoms with Crippen molar-refractivity contribution in [2.24, 2.45) is 22.7 Å². The molecule has 6 rings (SSSR count). The van der Waals surface area contributed by atoms with E-state index >= 15 is 8.78 Å². The molecule has 0 saturated carbocycles. The number of anilines is 1. The first-order valence-corrected chi connectivity index (χ1v) is 24.2. The largest absolute Gasteiger partial charge is 0.469 e. The van der Waals surface area contributed by atoms with Crippen molar-refractivity contribution in [1.82, 2.24) is 35.8 Å². The topological polar surface area (TPSA) is 180 Å². The molecule has 6 atom stereocenters. The number of aromatic nitrogens is 3. The molecule has 25 heteroatoms. The van der Waals surface area contributed by atoms with Gasteiger partial charge in [-0.15, -0.1) is 0 Å². The fourth-order valence-electron chi connectivity index (χ4n) is 9.11. The minimum atomic E-state index is -5.15. The first-order chi connectivity index (χ1) is 36.0. The molecule has 0 spiro atoms. The number of pyridine rings is 1. The van der Waals surface area contributed by atoms with E-state index in [4.69, 9.17) is 0 Å². The highest BCUT2D eigenvalue weighted by Crippen LogP contribution is 2.46. The molecular formula is C52H58F10N8O7. The summed E-state index contributed by atoms with van der Waals surface area (Å²) >= 11 is 0. The molecule has 0 radical (unpaired) electrons. The number of Topliss-reactive ketones (excluding diaryl/α,β-unsaturated/α-hetero) is 1. The number of hydrogen-bond acceptors (Lipinski definition) is 12. The number of alkyl carbamates (subject to hydrolysis) is 1. The Bertz CT molecular complexity index is 2760. The highest BCUT2D eigenvalue weighted by Gasteiger charge is 2.57. The smallest absolute Gasteiger partial charge is 0.407 e. The van der Waals surface area contributed by atoms with E-state index in [0.29, 0.717) is 73.6 Å². The molecule has 2 aromatic carbocycles. The van der Waals surface area contributed by atoms with Gasteiger partial charge in [-0.1, -0.05) is 37.8 Å². The van der Waals surface area contributed by atoms with E-state index in [1.807, 2.05) is 17.4 Å². The van der Waals surface area contributed by atoms with Crippen LogP contribution < -0.4 is 21.0 Å². The van der Waals surface area contributed by atoms with Gasteiger partial charge in [0.2, 0.25) is 5.91 Å². The Morgan fingerprint density at radius 1 is 0.831 bits per heavy atom. The summed E-state index contributed by atoms with van der Waals surface area (Å²) in [5, 5.41) is 21.6. The number of carbonyl (C=O) groups excluding carboxylic acids is 4. The number of hydrazine groups is 1. The van der Waals surface area contributed by atoms with Crippen LogP contribution in [0.1, 0.15) is 82.2 Å². The van der Waals surface area contributed by atoms with Crippen LogP contribution in [0, 0.1) is 46.1 Å². The summed E-state index contributed by atoms with van der Waals surface area (Å²) in [6, 6.07) is 9.81. The molecule has 418 valence electrons. The second-order valence-electron chi connectivity index (χ2n) is 20.2. The van der Waals surface area contributed by atoms with Crippen LogP contribution in [0.3, 0.4) is 0 Å². The van der Waals surface area contributed by atoms with Crippen molar-refractivity contribution < 1.29 is 77.7 Å². The van der Waals surface area contributed by atoms with Gasteiger partial charge in [0, 0.05) is 79.3 Å². The van der Waals surface area contributed by atoms with Crippen LogP contribution in [0.4, 0.5) is 54.5 Å². The number of ether oxygens (including phenoxy) is 2. The van der Waals surface area contributed by atoms with E-state index in [0.717, 1.165) is 58.4 Å². The predicted octanol–water partition coefficient (Wildman–Crippen LogP) is 8.05. The monoisotopic (exact) mass is 1100 g/mol. The lowest BCUT2D eigenvalue weighted by atomic mass is 9.75. The molecule has 2 fully saturated rings. The third kappa shape index (κ3) is 14.6. The minimum absolute atomic E-state index is 0.156. The summed E-state index contributed by atoms with van der Waals surface area (Å²) in [6.07, 6.45) is -10.7. The molecular weight excluding hydrogens is 1040 g/mol. The molecule has 77 heavy (non-hydrogen) atoms. The zero-order chi connectivity index (χ0) is 56.8. The molecule has 4 aromatic rings. The molecule has 2 aliphatic rings. The quantitative estimate of drug-likeness (QED) is 0.0290. The Labute approximate surface area is 437 Å². The summed E-state index contributed by atoms with van der Waals surface area (Å²) in [6.45, 7) is -1.06. The van der Waals surface area contributed by atoms with Crippen molar-refractivity contribution in [2.45, 2.75) is 109 Å². The van der Waals surface area contributed by atoms with Crippen molar-refractivity contribution in [3.8, 4) is 23.0 Å². The summed E-state index contributed by atoms with van der Waals surface area (Å²) in [4.78, 5) is 59.9. The Morgan fingerprint density at radius 3 is 1.96 bits per heavy atom. The number of hydrogen-bond donors (Lipinski definition) is 4. The highest BCUT2D eigenvalue weighted by molar-refractivity contribution is 5.88. The molecule has 2 amide bonds. The number of fused-ring (bicyclic) bond motifs is 2. The molecule has 0 aliphatic carbocycles. The summed E-state index contributed by atoms with van der Waals surface area (Å²) in [5.74, 6) is -3.79. The maximum absolute atomic E-state index is 16.0. The number of methoxy groups -OCH3 is 2. The average molecular weight is 1100 g/mol. The van der Waals surface area contributed by atoms with Crippen LogP contribution in [0.25, 0.3) is 11.1 Å².